The van der Waals surface area contributed by atoms with Crippen molar-refractivity contribution in [2.24, 2.45) is 5.41 Å². The van der Waals surface area contributed by atoms with Crippen molar-refractivity contribution in [1.29, 1.82) is 0 Å². The van der Waals surface area contributed by atoms with Gasteiger partial charge in [0.1, 0.15) is 0 Å². The van der Waals surface area contributed by atoms with Gasteiger partial charge in [0, 0.05) is 5.56 Å². The Kier molecular flexibility index (Phi) is 4.44. The van der Waals surface area contributed by atoms with E-state index in [0.29, 0.717) is 6.07 Å². The predicted octanol–water partition coefficient (Wildman–Crippen LogP) is 3.43. The number of aliphatic carboxylic acids is 1. The van der Waals surface area contributed by atoms with Crippen molar-refractivity contribution in [3.63, 3.8) is 0 Å². The largest absolute Gasteiger partial charge is 0.493 e. The average molecular weight is 276 g/mol. The lowest BCUT2D eigenvalue weighted by Crippen LogP contribution is -2.26. The highest BCUT2D eigenvalue weighted by atomic mass is 19.3. The Labute approximate surface area is 109 Å². The Morgan fingerprint density at radius 3 is 2.42 bits per heavy atom. The zero-order valence-corrected chi connectivity index (χ0v) is 10.8. The van der Waals surface area contributed by atoms with E-state index in [1.54, 1.807) is 0 Å². The van der Waals surface area contributed by atoms with E-state index in [0.717, 1.165) is 6.07 Å². The van der Waals surface area contributed by atoms with Crippen LogP contribution in [0.25, 0.3) is 0 Å². The number of carboxylic acids is 1. The normalized spacial score (nSPS) is 11.7. The summed E-state index contributed by atoms with van der Waals surface area (Å²) in [7, 11) is 1.21. The molecule has 0 heterocycles. The van der Waals surface area contributed by atoms with E-state index in [1.165, 1.54) is 21.0 Å². The van der Waals surface area contributed by atoms with Gasteiger partial charge in [0.25, 0.3) is 6.43 Å². The lowest BCUT2D eigenvalue weighted by Gasteiger charge is -2.21. The lowest BCUT2D eigenvalue weighted by atomic mass is 9.85. The molecule has 0 aromatic heterocycles. The average Bonchev–Trinajstić information content (AvgIpc) is 2.27. The molecule has 0 radical (unpaired) electrons. The Hall–Kier alpha value is -1.72. The molecule has 0 spiro atoms. The highest BCUT2D eigenvalue weighted by Crippen LogP contribution is 2.33. The molecule has 1 aromatic carbocycles. The maximum absolute atomic E-state index is 13.6. The summed E-state index contributed by atoms with van der Waals surface area (Å²) in [6.07, 6.45) is -2.93. The van der Waals surface area contributed by atoms with Gasteiger partial charge in [-0.2, -0.15) is 0 Å². The third kappa shape index (κ3) is 3.39. The summed E-state index contributed by atoms with van der Waals surface area (Å²) >= 11 is 0. The SMILES string of the molecule is COc1c(F)cc(C(F)F)cc1CC(C)(C)C(=O)O. The minimum Gasteiger partial charge on any atom is -0.493 e. The smallest absolute Gasteiger partial charge is 0.309 e. The zero-order valence-electron chi connectivity index (χ0n) is 10.8. The molecule has 1 N–H and O–H groups in total. The number of carboxylic acid groups (broad SMARTS) is 1. The van der Waals surface area contributed by atoms with E-state index in [9.17, 15) is 18.0 Å². The molecule has 0 saturated heterocycles. The van der Waals surface area contributed by atoms with Crippen LogP contribution in [0, 0.1) is 11.2 Å². The van der Waals surface area contributed by atoms with E-state index >= 15 is 0 Å². The van der Waals surface area contributed by atoms with Crippen LogP contribution in [0.3, 0.4) is 0 Å². The van der Waals surface area contributed by atoms with Crippen molar-refractivity contribution in [2.45, 2.75) is 26.7 Å². The van der Waals surface area contributed by atoms with Crippen LogP contribution in [-0.4, -0.2) is 18.2 Å². The number of ether oxygens (including phenoxy) is 1. The van der Waals surface area contributed by atoms with Crippen LogP contribution < -0.4 is 4.74 Å². The molecule has 0 unspecified atom stereocenters. The minimum absolute atomic E-state index is 0.108. The standard InChI is InChI=1S/C13H15F3O3/c1-13(2,12(17)18)6-8-4-7(11(15)16)5-9(14)10(8)19-3/h4-5,11H,6H2,1-3H3,(H,17,18). The quantitative estimate of drug-likeness (QED) is 0.896. The van der Waals surface area contributed by atoms with Crippen molar-refractivity contribution >= 4 is 5.97 Å². The lowest BCUT2D eigenvalue weighted by molar-refractivity contribution is -0.146. The Balaban J connectivity index is 3.28. The first kappa shape index (κ1) is 15.3. The van der Waals surface area contributed by atoms with E-state index in [4.69, 9.17) is 9.84 Å². The first-order chi connectivity index (χ1) is 8.69. The summed E-state index contributed by atoms with van der Waals surface area (Å²) in [6, 6.07) is 1.78. The fourth-order valence-electron chi connectivity index (χ4n) is 1.71. The molecular formula is C13H15F3O3. The van der Waals surface area contributed by atoms with Gasteiger partial charge >= 0.3 is 5.97 Å². The van der Waals surface area contributed by atoms with E-state index in [-0.39, 0.29) is 17.7 Å². The number of methoxy groups -OCH3 is 1. The van der Waals surface area contributed by atoms with Crippen LogP contribution in [0.1, 0.15) is 31.4 Å². The summed E-state index contributed by atoms with van der Waals surface area (Å²) in [5.74, 6) is -2.22. The molecule has 1 rings (SSSR count). The number of benzene rings is 1. The number of alkyl halides is 2. The second-order valence-corrected chi connectivity index (χ2v) is 4.86. The summed E-state index contributed by atoms with van der Waals surface area (Å²) < 4.78 is 43.7. The number of rotatable bonds is 5. The number of hydrogen-bond donors (Lipinski definition) is 1. The molecule has 0 bridgehead atoms. The third-order valence-electron chi connectivity index (χ3n) is 2.81. The highest BCUT2D eigenvalue weighted by Gasteiger charge is 2.30. The molecule has 1 aromatic rings. The molecule has 0 aliphatic rings. The second kappa shape index (κ2) is 5.50. The molecule has 106 valence electrons. The summed E-state index contributed by atoms with van der Waals surface area (Å²) in [5, 5.41) is 9.03. The van der Waals surface area contributed by atoms with Gasteiger partial charge in [-0.05, 0) is 38.0 Å². The van der Waals surface area contributed by atoms with Crippen LogP contribution in [0.2, 0.25) is 0 Å². The molecule has 0 amide bonds. The van der Waals surface area contributed by atoms with Gasteiger partial charge in [-0.3, -0.25) is 4.79 Å². The molecule has 0 fully saturated rings. The number of hydrogen-bond acceptors (Lipinski definition) is 2. The fraction of sp³-hybridized carbons (Fsp3) is 0.462. The highest BCUT2D eigenvalue weighted by molar-refractivity contribution is 5.74. The first-order valence-electron chi connectivity index (χ1n) is 5.57. The van der Waals surface area contributed by atoms with Gasteiger partial charge in [0.15, 0.2) is 11.6 Å². The minimum atomic E-state index is -2.83. The maximum Gasteiger partial charge on any atom is 0.309 e. The van der Waals surface area contributed by atoms with Crippen LogP contribution in [0.15, 0.2) is 12.1 Å². The molecule has 6 heteroatoms. The van der Waals surface area contributed by atoms with Crippen LogP contribution >= 0.6 is 0 Å². The topological polar surface area (TPSA) is 46.5 Å². The van der Waals surface area contributed by atoms with Crippen LogP contribution in [0.4, 0.5) is 13.2 Å². The van der Waals surface area contributed by atoms with Crippen molar-refractivity contribution in [3.8, 4) is 5.75 Å². The van der Waals surface area contributed by atoms with Crippen molar-refractivity contribution in [2.75, 3.05) is 7.11 Å². The van der Waals surface area contributed by atoms with Gasteiger partial charge in [-0.25, -0.2) is 13.2 Å². The van der Waals surface area contributed by atoms with Gasteiger partial charge in [0.05, 0.1) is 12.5 Å². The van der Waals surface area contributed by atoms with Gasteiger partial charge in [-0.15, -0.1) is 0 Å². The Morgan fingerprint density at radius 1 is 1.42 bits per heavy atom. The molecule has 0 atom stereocenters. The second-order valence-electron chi connectivity index (χ2n) is 4.86. The molecule has 0 aliphatic heterocycles. The molecular weight excluding hydrogens is 261 g/mol. The van der Waals surface area contributed by atoms with Crippen molar-refractivity contribution in [3.05, 3.63) is 29.1 Å². The Bertz CT molecular complexity index is 484. The molecule has 19 heavy (non-hydrogen) atoms. The van der Waals surface area contributed by atoms with Crippen molar-refractivity contribution < 1.29 is 27.8 Å². The monoisotopic (exact) mass is 276 g/mol. The maximum atomic E-state index is 13.6. The molecule has 0 saturated carbocycles. The van der Waals surface area contributed by atoms with E-state index in [2.05, 4.69) is 0 Å². The fourth-order valence-corrected chi connectivity index (χ4v) is 1.71. The van der Waals surface area contributed by atoms with Gasteiger partial charge in [0.2, 0.25) is 0 Å². The number of halogens is 3. The summed E-state index contributed by atoms with van der Waals surface area (Å²) in [5.41, 5.74) is -1.58. The zero-order chi connectivity index (χ0) is 14.8. The van der Waals surface area contributed by atoms with Crippen LogP contribution in [0.5, 0.6) is 5.75 Å². The molecule has 3 nitrogen and oxygen atoms in total. The van der Waals surface area contributed by atoms with Crippen molar-refractivity contribution in [1.82, 2.24) is 0 Å². The summed E-state index contributed by atoms with van der Waals surface area (Å²) in [4.78, 5) is 11.0. The summed E-state index contributed by atoms with van der Waals surface area (Å²) in [6.45, 7) is 2.86. The number of carbonyl (C=O) groups is 1. The predicted molar refractivity (Wildman–Crippen MR) is 63.0 cm³/mol. The Morgan fingerprint density at radius 2 is 2.00 bits per heavy atom. The van der Waals surface area contributed by atoms with E-state index < -0.39 is 29.2 Å². The van der Waals surface area contributed by atoms with Gasteiger partial charge < -0.3 is 9.84 Å². The first-order valence-corrected chi connectivity index (χ1v) is 5.57. The van der Waals surface area contributed by atoms with Gasteiger partial charge in [-0.1, -0.05) is 0 Å². The van der Waals surface area contributed by atoms with E-state index in [1.807, 2.05) is 0 Å². The van der Waals surface area contributed by atoms with Crippen LogP contribution in [-0.2, 0) is 11.2 Å². The molecule has 0 aliphatic carbocycles. The third-order valence-corrected chi connectivity index (χ3v) is 2.81.